The second-order valence-corrected chi connectivity index (χ2v) is 6.03. The molecule has 0 radical (unpaired) electrons. The first kappa shape index (κ1) is 15.0. The zero-order valence-electron chi connectivity index (χ0n) is 11.1. The highest BCUT2D eigenvalue weighted by atomic mass is 32.2. The number of anilines is 1. The van der Waals surface area contributed by atoms with Crippen molar-refractivity contribution in [2.75, 3.05) is 12.3 Å². The lowest BCUT2D eigenvalue weighted by Gasteiger charge is -2.08. The maximum atomic E-state index is 12.1. The highest BCUT2D eigenvalue weighted by molar-refractivity contribution is 7.89. The molecule has 21 heavy (non-hydrogen) atoms. The van der Waals surface area contributed by atoms with Gasteiger partial charge in [0.1, 0.15) is 17.0 Å². The number of hydrogen-bond donors (Lipinski definition) is 3. The number of hydrogen-bond acceptors (Lipinski definition) is 6. The van der Waals surface area contributed by atoms with E-state index >= 15 is 0 Å². The Balaban J connectivity index is 1.97. The van der Waals surface area contributed by atoms with Crippen molar-refractivity contribution in [3.63, 3.8) is 0 Å². The largest absolute Gasteiger partial charge is 0.398 e. The molecule has 1 aromatic heterocycles. The number of H-pyrrole nitrogens is 1. The quantitative estimate of drug-likeness (QED) is 0.514. The summed E-state index contributed by atoms with van der Waals surface area (Å²) in [4.78, 5) is 3.92. The van der Waals surface area contributed by atoms with Crippen molar-refractivity contribution in [1.82, 2.24) is 19.9 Å². The van der Waals surface area contributed by atoms with Crippen molar-refractivity contribution in [2.24, 2.45) is 0 Å². The molecule has 110 valence electrons. The monoisotopic (exact) mass is 306 g/mol. The summed E-state index contributed by atoms with van der Waals surface area (Å²) in [6.45, 7) is 0.252. The Bertz CT molecular complexity index is 749. The molecule has 0 saturated carbocycles. The molecular formula is C12H14N6O2S. The molecule has 0 aliphatic rings. The van der Waals surface area contributed by atoms with Crippen molar-refractivity contribution in [3.05, 3.63) is 35.9 Å². The molecule has 9 heteroatoms. The number of aromatic nitrogens is 3. The molecule has 0 saturated heterocycles. The smallest absolute Gasteiger partial charge is 0.242 e. The Kier molecular flexibility index (Phi) is 4.52. The van der Waals surface area contributed by atoms with Gasteiger partial charge in [-0.1, -0.05) is 0 Å². The van der Waals surface area contributed by atoms with E-state index in [4.69, 9.17) is 11.0 Å². The van der Waals surface area contributed by atoms with E-state index in [2.05, 4.69) is 19.9 Å². The van der Waals surface area contributed by atoms with Crippen LogP contribution in [0.2, 0.25) is 0 Å². The molecule has 1 heterocycles. The second kappa shape index (κ2) is 6.34. The fourth-order valence-electron chi connectivity index (χ4n) is 1.75. The normalized spacial score (nSPS) is 11.2. The Labute approximate surface area is 122 Å². The minimum atomic E-state index is -3.69. The maximum absolute atomic E-state index is 12.1. The maximum Gasteiger partial charge on any atom is 0.242 e. The van der Waals surface area contributed by atoms with Crippen LogP contribution in [-0.4, -0.2) is 30.1 Å². The lowest BCUT2D eigenvalue weighted by Crippen LogP contribution is -2.26. The summed E-state index contributed by atoms with van der Waals surface area (Å²) in [7, 11) is -3.69. The number of nitrogen functional groups attached to an aromatic ring is 1. The average molecular weight is 306 g/mol. The van der Waals surface area contributed by atoms with Gasteiger partial charge in [0, 0.05) is 13.0 Å². The van der Waals surface area contributed by atoms with Crippen LogP contribution in [0.15, 0.2) is 29.4 Å². The number of aromatic amines is 1. The zero-order chi connectivity index (χ0) is 15.3. The summed E-state index contributed by atoms with van der Waals surface area (Å²) < 4.78 is 26.7. The third-order valence-corrected chi connectivity index (χ3v) is 4.31. The molecule has 8 nitrogen and oxygen atoms in total. The molecule has 0 amide bonds. The Morgan fingerprint density at radius 3 is 2.86 bits per heavy atom. The molecule has 4 N–H and O–H groups in total. The standard InChI is InChI=1S/C12H14N6O2S/c13-7-9-3-4-11(10(14)6-9)21(19,20)17-5-1-2-12-15-8-16-18-12/h3-4,6,8,17H,1-2,5,14H2,(H,15,16,18). The van der Waals surface area contributed by atoms with Crippen molar-refractivity contribution >= 4 is 15.7 Å². The summed E-state index contributed by atoms with van der Waals surface area (Å²) in [5.74, 6) is 0.701. The topological polar surface area (TPSA) is 138 Å². The van der Waals surface area contributed by atoms with Crippen LogP contribution < -0.4 is 10.5 Å². The van der Waals surface area contributed by atoms with Gasteiger partial charge in [-0.15, -0.1) is 0 Å². The van der Waals surface area contributed by atoms with Crippen LogP contribution in [0, 0.1) is 11.3 Å². The molecule has 0 atom stereocenters. The van der Waals surface area contributed by atoms with Gasteiger partial charge in [-0.3, -0.25) is 5.10 Å². The summed E-state index contributed by atoms with van der Waals surface area (Å²) in [5.41, 5.74) is 6.04. The average Bonchev–Trinajstić information content (AvgIpc) is 2.96. The Morgan fingerprint density at radius 2 is 2.24 bits per heavy atom. The molecule has 1 aromatic carbocycles. The van der Waals surface area contributed by atoms with E-state index in [1.807, 2.05) is 6.07 Å². The van der Waals surface area contributed by atoms with Gasteiger partial charge in [0.2, 0.25) is 10.0 Å². The molecule has 2 rings (SSSR count). The van der Waals surface area contributed by atoms with Crippen molar-refractivity contribution in [1.29, 1.82) is 5.26 Å². The molecule has 0 unspecified atom stereocenters. The van der Waals surface area contributed by atoms with E-state index in [0.29, 0.717) is 24.2 Å². The molecular weight excluding hydrogens is 292 g/mol. The minimum Gasteiger partial charge on any atom is -0.398 e. The van der Waals surface area contributed by atoms with E-state index in [1.165, 1.54) is 24.5 Å². The molecule has 0 bridgehead atoms. The number of sulfonamides is 1. The first-order chi connectivity index (χ1) is 10.0. The molecule has 0 spiro atoms. The van der Waals surface area contributed by atoms with Crippen LogP contribution in [0.3, 0.4) is 0 Å². The highest BCUT2D eigenvalue weighted by Crippen LogP contribution is 2.19. The van der Waals surface area contributed by atoms with Crippen molar-refractivity contribution in [2.45, 2.75) is 17.7 Å². The number of nitriles is 1. The molecule has 0 aliphatic carbocycles. The van der Waals surface area contributed by atoms with E-state index in [-0.39, 0.29) is 17.1 Å². The van der Waals surface area contributed by atoms with Crippen molar-refractivity contribution < 1.29 is 8.42 Å². The molecule has 0 aliphatic heterocycles. The van der Waals surface area contributed by atoms with E-state index in [9.17, 15) is 8.42 Å². The highest BCUT2D eigenvalue weighted by Gasteiger charge is 2.17. The SMILES string of the molecule is N#Cc1ccc(S(=O)(=O)NCCCc2ncn[nH]2)c(N)c1. The number of rotatable bonds is 6. The first-order valence-electron chi connectivity index (χ1n) is 6.16. The van der Waals surface area contributed by atoms with Crippen LogP contribution in [0.4, 0.5) is 5.69 Å². The number of benzene rings is 1. The van der Waals surface area contributed by atoms with Gasteiger partial charge in [0.05, 0.1) is 17.3 Å². The second-order valence-electron chi connectivity index (χ2n) is 4.30. The van der Waals surface area contributed by atoms with Gasteiger partial charge in [-0.2, -0.15) is 10.4 Å². The van der Waals surface area contributed by atoms with Gasteiger partial charge >= 0.3 is 0 Å². The van der Waals surface area contributed by atoms with Crippen LogP contribution in [0.5, 0.6) is 0 Å². The molecule has 2 aromatic rings. The predicted molar refractivity (Wildman–Crippen MR) is 75.5 cm³/mol. The van der Waals surface area contributed by atoms with Gasteiger partial charge in [-0.25, -0.2) is 18.1 Å². The summed E-state index contributed by atoms with van der Waals surface area (Å²) in [6, 6.07) is 5.98. The summed E-state index contributed by atoms with van der Waals surface area (Å²) >= 11 is 0. The third kappa shape index (κ3) is 3.77. The molecule has 0 fully saturated rings. The number of nitrogens with two attached hydrogens (primary N) is 1. The number of nitrogens with zero attached hydrogens (tertiary/aromatic N) is 3. The Hall–Kier alpha value is -2.44. The van der Waals surface area contributed by atoms with Crippen molar-refractivity contribution in [3.8, 4) is 6.07 Å². The lowest BCUT2D eigenvalue weighted by molar-refractivity contribution is 0.578. The Morgan fingerprint density at radius 1 is 1.43 bits per heavy atom. The van der Waals surface area contributed by atoms with Crippen LogP contribution >= 0.6 is 0 Å². The fraction of sp³-hybridized carbons (Fsp3) is 0.250. The van der Waals surface area contributed by atoms with E-state index < -0.39 is 10.0 Å². The van der Waals surface area contributed by atoms with Gasteiger partial charge in [-0.05, 0) is 24.6 Å². The lowest BCUT2D eigenvalue weighted by atomic mass is 10.2. The van der Waals surface area contributed by atoms with E-state index in [1.54, 1.807) is 0 Å². The van der Waals surface area contributed by atoms with E-state index in [0.717, 1.165) is 0 Å². The fourth-order valence-corrected chi connectivity index (χ4v) is 2.94. The predicted octanol–water partition coefficient (Wildman–Crippen LogP) is 0.170. The van der Waals surface area contributed by atoms with Gasteiger partial charge in [0.15, 0.2) is 0 Å². The van der Waals surface area contributed by atoms with Crippen LogP contribution in [-0.2, 0) is 16.4 Å². The van der Waals surface area contributed by atoms with Crippen LogP contribution in [0.25, 0.3) is 0 Å². The third-order valence-electron chi connectivity index (χ3n) is 2.78. The first-order valence-corrected chi connectivity index (χ1v) is 7.65. The summed E-state index contributed by atoms with van der Waals surface area (Å²) in [5, 5.41) is 15.1. The van der Waals surface area contributed by atoms with Gasteiger partial charge in [0.25, 0.3) is 0 Å². The minimum absolute atomic E-state index is 0.0267. The zero-order valence-corrected chi connectivity index (χ0v) is 11.9. The van der Waals surface area contributed by atoms with Crippen LogP contribution in [0.1, 0.15) is 17.8 Å². The number of nitrogens with one attached hydrogen (secondary N) is 2. The summed E-state index contributed by atoms with van der Waals surface area (Å²) in [6.07, 6.45) is 2.56. The number of aryl methyl sites for hydroxylation is 1. The van der Waals surface area contributed by atoms with Gasteiger partial charge < -0.3 is 5.73 Å².